The van der Waals surface area contributed by atoms with Crippen molar-refractivity contribution in [3.05, 3.63) is 58.5 Å². The number of benzene rings is 1. The highest BCUT2D eigenvalue weighted by Gasteiger charge is 2.16. The van der Waals surface area contributed by atoms with Gasteiger partial charge in [-0.15, -0.1) is 0 Å². The molecular formula is C15H14F2N6O3. The van der Waals surface area contributed by atoms with Crippen LogP contribution in [0.3, 0.4) is 0 Å². The molecule has 0 atom stereocenters. The summed E-state index contributed by atoms with van der Waals surface area (Å²) in [5.74, 6) is 0.677. The molecule has 0 unspecified atom stereocenters. The maximum Gasteiger partial charge on any atom is 0.319 e. The molecule has 3 rings (SSSR count). The number of imidazole rings is 1. The Bertz CT molecular complexity index is 910. The predicted octanol–water partition coefficient (Wildman–Crippen LogP) is 2.87. The van der Waals surface area contributed by atoms with Crippen LogP contribution in [0.25, 0.3) is 11.4 Å². The van der Waals surface area contributed by atoms with Gasteiger partial charge < -0.3 is 4.52 Å². The molecule has 0 amide bonds. The van der Waals surface area contributed by atoms with Crippen molar-refractivity contribution in [1.82, 2.24) is 24.6 Å². The van der Waals surface area contributed by atoms with Gasteiger partial charge in [-0.3, -0.25) is 19.6 Å². The molecule has 0 fully saturated rings. The minimum absolute atomic E-state index is 0.0789. The van der Waals surface area contributed by atoms with E-state index in [0.29, 0.717) is 5.56 Å². The Morgan fingerprint density at radius 1 is 1.38 bits per heavy atom. The van der Waals surface area contributed by atoms with Crippen molar-refractivity contribution < 1.29 is 18.2 Å². The Balaban J connectivity index is 1.69. The van der Waals surface area contributed by atoms with E-state index in [0.717, 1.165) is 4.57 Å². The number of aromatic nitrogens is 4. The SMILES string of the molecule is CN(Cc1nc(-c2cccc([N+](=O)[O-])c2)no1)Cc1nccn1C(F)F. The molecule has 136 valence electrons. The highest BCUT2D eigenvalue weighted by Crippen LogP contribution is 2.22. The van der Waals surface area contributed by atoms with Crippen LogP contribution in [0.2, 0.25) is 0 Å². The van der Waals surface area contributed by atoms with Crippen molar-refractivity contribution >= 4 is 5.69 Å². The van der Waals surface area contributed by atoms with Crippen LogP contribution in [0.4, 0.5) is 14.5 Å². The molecule has 0 bridgehead atoms. The molecule has 0 N–H and O–H groups in total. The number of nitro groups is 1. The number of nitro benzene ring substituents is 1. The summed E-state index contributed by atoms with van der Waals surface area (Å²) in [6.45, 7) is -2.30. The van der Waals surface area contributed by atoms with Crippen LogP contribution in [0.5, 0.6) is 0 Å². The first-order valence-electron chi connectivity index (χ1n) is 7.50. The third-order valence-corrected chi connectivity index (χ3v) is 3.56. The van der Waals surface area contributed by atoms with Gasteiger partial charge in [-0.1, -0.05) is 17.3 Å². The summed E-state index contributed by atoms with van der Waals surface area (Å²) < 4.78 is 31.6. The van der Waals surface area contributed by atoms with Gasteiger partial charge in [0.1, 0.15) is 5.82 Å². The molecule has 0 radical (unpaired) electrons. The van der Waals surface area contributed by atoms with Crippen LogP contribution in [0.1, 0.15) is 18.3 Å². The zero-order valence-corrected chi connectivity index (χ0v) is 13.6. The maximum absolute atomic E-state index is 12.8. The Morgan fingerprint density at radius 2 is 2.19 bits per heavy atom. The van der Waals surface area contributed by atoms with Gasteiger partial charge in [0.25, 0.3) is 5.69 Å². The standard InChI is InChI=1S/C15H14F2N6O3/c1-21(8-12-18-5-6-22(12)15(16)17)9-13-19-14(20-26-13)10-3-2-4-11(7-10)23(24)25/h2-7,15H,8-9H2,1H3. The number of nitrogens with zero attached hydrogens (tertiary/aromatic N) is 6. The van der Waals surface area contributed by atoms with Gasteiger partial charge in [-0.25, -0.2) is 4.98 Å². The zero-order chi connectivity index (χ0) is 18.7. The molecule has 2 heterocycles. The number of alkyl halides is 2. The highest BCUT2D eigenvalue weighted by atomic mass is 19.3. The minimum Gasteiger partial charge on any atom is -0.338 e. The zero-order valence-electron chi connectivity index (χ0n) is 13.6. The van der Waals surface area contributed by atoms with Gasteiger partial charge in [0.2, 0.25) is 11.7 Å². The molecule has 3 aromatic rings. The fourth-order valence-corrected chi connectivity index (χ4v) is 2.37. The van der Waals surface area contributed by atoms with E-state index in [1.54, 1.807) is 18.0 Å². The van der Waals surface area contributed by atoms with Gasteiger partial charge in [-0.05, 0) is 7.05 Å². The van der Waals surface area contributed by atoms with E-state index in [-0.39, 0.29) is 36.3 Å². The first-order chi connectivity index (χ1) is 12.4. The Hall–Kier alpha value is -3.21. The molecule has 0 saturated heterocycles. The lowest BCUT2D eigenvalue weighted by atomic mass is 10.2. The normalized spacial score (nSPS) is 11.4. The van der Waals surface area contributed by atoms with Gasteiger partial charge >= 0.3 is 6.55 Å². The van der Waals surface area contributed by atoms with Crippen molar-refractivity contribution in [2.75, 3.05) is 7.05 Å². The monoisotopic (exact) mass is 364 g/mol. The number of non-ortho nitro benzene ring substituents is 1. The molecule has 0 spiro atoms. The third kappa shape index (κ3) is 3.88. The molecule has 9 nitrogen and oxygen atoms in total. The van der Waals surface area contributed by atoms with Crippen molar-refractivity contribution in [3.8, 4) is 11.4 Å². The van der Waals surface area contributed by atoms with Crippen molar-refractivity contribution in [3.63, 3.8) is 0 Å². The largest absolute Gasteiger partial charge is 0.338 e. The Morgan fingerprint density at radius 3 is 2.92 bits per heavy atom. The van der Waals surface area contributed by atoms with E-state index < -0.39 is 11.5 Å². The third-order valence-electron chi connectivity index (χ3n) is 3.56. The van der Waals surface area contributed by atoms with Crippen LogP contribution in [-0.2, 0) is 13.1 Å². The number of hydrogen-bond donors (Lipinski definition) is 0. The smallest absolute Gasteiger partial charge is 0.319 e. The van der Waals surface area contributed by atoms with Crippen LogP contribution in [-0.4, -0.2) is 36.6 Å². The average Bonchev–Trinajstić information content (AvgIpc) is 3.24. The summed E-state index contributed by atoms with van der Waals surface area (Å²) in [7, 11) is 1.70. The molecular weight excluding hydrogens is 350 g/mol. The van der Waals surface area contributed by atoms with E-state index in [2.05, 4.69) is 15.1 Å². The van der Waals surface area contributed by atoms with Crippen LogP contribution in [0.15, 0.2) is 41.2 Å². The van der Waals surface area contributed by atoms with Gasteiger partial charge in [-0.2, -0.15) is 13.8 Å². The average molecular weight is 364 g/mol. The van der Waals surface area contributed by atoms with Gasteiger partial charge in [0.15, 0.2) is 0 Å². The predicted molar refractivity (Wildman–Crippen MR) is 85.0 cm³/mol. The molecule has 0 aliphatic carbocycles. The molecule has 0 saturated carbocycles. The van der Waals surface area contributed by atoms with E-state index in [1.165, 1.54) is 30.6 Å². The first-order valence-corrected chi connectivity index (χ1v) is 7.50. The quantitative estimate of drug-likeness (QED) is 0.469. The van der Waals surface area contributed by atoms with E-state index in [1.807, 2.05) is 0 Å². The molecule has 26 heavy (non-hydrogen) atoms. The van der Waals surface area contributed by atoms with Gasteiger partial charge in [0.05, 0.1) is 18.0 Å². The number of halogens is 2. The fourth-order valence-electron chi connectivity index (χ4n) is 2.37. The lowest BCUT2D eigenvalue weighted by Gasteiger charge is -2.14. The first kappa shape index (κ1) is 17.6. The number of hydrogen-bond acceptors (Lipinski definition) is 7. The van der Waals surface area contributed by atoms with Crippen LogP contribution >= 0.6 is 0 Å². The van der Waals surface area contributed by atoms with E-state index in [4.69, 9.17) is 4.52 Å². The Labute approximate surface area is 146 Å². The summed E-state index contributed by atoms with van der Waals surface area (Å²) in [5, 5.41) is 14.6. The fraction of sp³-hybridized carbons (Fsp3) is 0.267. The van der Waals surface area contributed by atoms with E-state index >= 15 is 0 Å². The molecule has 2 aromatic heterocycles. The molecule has 0 aliphatic rings. The summed E-state index contributed by atoms with van der Waals surface area (Å²) in [4.78, 5) is 20.1. The highest BCUT2D eigenvalue weighted by molar-refractivity contribution is 5.58. The summed E-state index contributed by atoms with van der Waals surface area (Å²) >= 11 is 0. The van der Waals surface area contributed by atoms with Crippen molar-refractivity contribution in [2.24, 2.45) is 0 Å². The van der Waals surface area contributed by atoms with E-state index in [9.17, 15) is 18.9 Å². The number of rotatable bonds is 7. The van der Waals surface area contributed by atoms with Crippen LogP contribution < -0.4 is 0 Å². The Kier molecular flexibility index (Phi) is 4.98. The van der Waals surface area contributed by atoms with Crippen molar-refractivity contribution in [2.45, 2.75) is 19.6 Å². The molecule has 11 heteroatoms. The minimum atomic E-state index is -2.66. The maximum atomic E-state index is 12.8. The topological polar surface area (TPSA) is 103 Å². The second-order valence-electron chi connectivity index (χ2n) is 5.52. The van der Waals surface area contributed by atoms with Crippen molar-refractivity contribution in [1.29, 1.82) is 0 Å². The summed E-state index contributed by atoms with van der Waals surface area (Å²) in [5.41, 5.74) is 0.370. The summed E-state index contributed by atoms with van der Waals surface area (Å²) in [6, 6.07) is 5.87. The lowest BCUT2D eigenvalue weighted by Crippen LogP contribution is -2.20. The summed E-state index contributed by atoms with van der Waals surface area (Å²) in [6.07, 6.45) is 2.52. The second-order valence-corrected chi connectivity index (χ2v) is 5.52. The molecule has 1 aromatic carbocycles. The second kappa shape index (κ2) is 7.35. The van der Waals surface area contributed by atoms with Crippen LogP contribution in [0, 0.1) is 10.1 Å². The van der Waals surface area contributed by atoms with Gasteiger partial charge in [0, 0.05) is 30.1 Å². The lowest BCUT2D eigenvalue weighted by molar-refractivity contribution is -0.384. The molecule has 0 aliphatic heterocycles.